The second kappa shape index (κ2) is 7.75. The lowest BCUT2D eigenvalue weighted by Crippen LogP contribution is -2.20. The number of nitrogens with one attached hydrogen (secondary N) is 1. The molecule has 0 aliphatic rings. The molecule has 0 aliphatic carbocycles. The summed E-state index contributed by atoms with van der Waals surface area (Å²) < 4.78 is 39.8. The van der Waals surface area contributed by atoms with Crippen LogP contribution in [0.25, 0.3) is 0 Å². The van der Waals surface area contributed by atoms with Gasteiger partial charge in [0.05, 0.1) is 11.3 Å². The summed E-state index contributed by atoms with van der Waals surface area (Å²) in [5.41, 5.74) is 7.44. The van der Waals surface area contributed by atoms with Gasteiger partial charge in [-0.05, 0) is 43.7 Å². The van der Waals surface area contributed by atoms with Crippen molar-refractivity contribution in [2.24, 2.45) is 0 Å². The zero-order valence-electron chi connectivity index (χ0n) is 15.5. The van der Waals surface area contributed by atoms with Crippen molar-refractivity contribution in [3.8, 4) is 0 Å². The highest BCUT2D eigenvalue weighted by Gasteiger charge is 2.33. The van der Waals surface area contributed by atoms with Gasteiger partial charge in [-0.25, -0.2) is 9.97 Å². The topological polar surface area (TPSA) is 67.1 Å². The number of aryl methyl sites for hydroxylation is 1. The molecule has 0 bridgehead atoms. The minimum absolute atomic E-state index is 0.118. The summed E-state index contributed by atoms with van der Waals surface area (Å²) in [5.74, 6) is 0.544. The lowest BCUT2D eigenvalue weighted by Gasteiger charge is -2.24. The van der Waals surface area contributed by atoms with E-state index >= 15 is 0 Å². The molecule has 0 atom stereocenters. The van der Waals surface area contributed by atoms with E-state index in [0.717, 1.165) is 17.3 Å². The van der Waals surface area contributed by atoms with Crippen molar-refractivity contribution in [3.63, 3.8) is 0 Å². The first-order valence-corrected chi connectivity index (χ1v) is 8.69. The van der Waals surface area contributed by atoms with Crippen molar-refractivity contribution in [2.75, 3.05) is 22.5 Å². The molecule has 3 rings (SSSR count). The number of nitrogen functional groups attached to an aromatic ring is 1. The molecule has 0 radical (unpaired) electrons. The maximum absolute atomic E-state index is 13.3. The van der Waals surface area contributed by atoms with Gasteiger partial charge < -0.3 is 16.0 Å². The molecule has 0 unspecified atom stereocenters. The largest absolute Gasteiger partial charge is 0.418 e. The summed E-state index contributed by atoms with van der Waals surface area (Å²) in [6.45, 7) is 4.49. The molecule has 2 aromatic carbocycles. The molecule has 5 nitrogen and oxygen atoms in total. The Kier molecular flexibility index (Phi) is 5.39. The second-order valence-corrected chi connectivity index (χ2v) is 6.21. The average molecular weight is 387 g/mol. The monoisotopic (exact) mass is 387 g/mol. The van der Waals surface area contributed by atoms with Crippen LogP contribution in [0.3, 0.4) is 0 Å². The van der Waals surface area contributed by atoms with Crippen molar-refractivity contribution in [3.05, 3.63) is 66.0 Å². The SMILES string of the molecule is CCN(c1cccc(C)c1)c1ncnc(Nc2ccccc2C(F)(F)F)c1N. The van der Waals surface area contributed by atoms with Crippen molar-refractivity contribution >= 4 is 28.7 Å². The highest BCUT2D eigenvalue weighted by atomic mass is 19.4. The fourth-order valence-electron chi connectivity index (χ4n) is 2.92. The minimum atomic E-state index is -4.49. The number of nitrogens with two attached hydrogens (primary N) is 1. The third kappa shape index (κ3) is 4.00. The predicted molar refractivity (Wildman–Crippen MR) is 105 cm³/mol. The number of anilines is 5. The number of aromatic nitrogens is 2. The Morgan fingerprint density at radius 2 is 1.82 bits per heavy atom. The molecule has 146 valence electrons. The fraction of sp³-hybridized carbons (Fsp3) is 0.200. The van der Waals surface area contributed by atoms with Crippen LogP contribution in [0.5, 0.6) is 0 Å². The molecule has 0 amide bonds. The molecule has 28 heavy (non-hydrogen) atoms. The molecule has 0 spiro atoms. The van der Waals surface area contributed by atoms with Gasteiger partial charge in [0.25, 0.3) is 0 Å². The number of halogens is 3. The lowest BCUT2D eigenvalue weighted by molar-refractivity contribution is -0.136. The number of hydrogen-bond donors (Lipinski definition) is 2. The Morgan fingerprint density at radius 3 is 2.50 bits per heavy atom. The van der Waals surface area contributed by atoms with Gasteiger partial charge in [0, 0.05) is 12.2 Å². The van der Waals surface area contributed by atoms with Crippen molar-refractivity contribution < 1.29 is 13.2 Å². The first kappa shape index (κ1) is 19.5. The molecule has 3 aromatic rings. The van der Waals surface area contributed by atoms with Crippen LogP contribution in [0.15, 0.2) is 54.9 Å². The van der Waals surface area contributed by atoms with Crippen molar-refractivity contribution in [1.82, 2.24) is 9.97 Å². The summed E-state index contributed by atoms with van der Waals surface area (Å²) in [6.07, 6.45) is -3.21. The Balaban J connectivity index is 2.01. The number of alkyl halides is 3. The van der Waals surface area contributed by atoms with Crippen LogP contribution >= 0.6 is 0 Å². The lowest BCUT2D eigenvalue weighted by atomic mass is 10.1. The molecule has 0 fully saturated rings. The van der Waals surface area contributed by atoms with E-state index in [0.29, 0.717) is 12.4 Å². The summed E-state index contributed by atoms with van der Waals surface area (Å²) in [5, 5.41) is 2.71. The van der Waals surface area contributed by atoms with Crippen LogP contribution in [0.1, 0.15) is 18.1 Å². The van der Waals surface area contributed by atoms with Gasteiger partial charge in [-0.2, -0.15) is 13.2 Å². The molecular weight excluding hydrogens is 367 g/mol. The molecule has 8 heteroatoms. The summed E-state index contributed by atoms with van der Waals surface area (Å²) in [7, 11) is 0. The number of hydrogen-bond acceptors (Lipinski definition) is 5. The van der Waals surface area contributed by atoms with E-state index in [1.54, 1.807) is 0 Å². The third-order valence-electron chi connectivity index (χ3n) is 4.23. The number of nitrogens with zero attached hydrogens (tertiary/aromatic N) is 3. The highest BCUT2D eigenvalue weighted by molar-refractivity contribution is 5.82. The number of rotatable bonds is 5. The normalized spacial score (nSPS) is 11.3. The van der Waals surface area contributed by atoms with Crippen LogP contribution in [0, 0.1) is 6.92 Å². The highest BCUT2D eigenvalue weighted by Crippen LogP contribution is 2.38. The van der Waals surface area contributed by atoms with Crippen LogP contribution in [-0.4, -0.2) is 16.5 Å². The molecule has 0 saturated carbocycles. The van der Waals surface area contributed by atoms with Gasteiger partial charge in [-0.15, -0.1) is 0 Å². The smallest absolute Gasteiger partial charge is 0.393 e. The van der Waals surface area contributed by atoms with Crippen LogP contribution < -0.4 is 16.0 Å². The van der Waals surface area contributed by atoms with E-state index in [1.165, 1.54) is 24.5 Å². The third-order valence-corrected chi connectivity index (χ3v) is 4.23. The first-order chi connectivity index (χ1) is 13.3. The Bertz CT molecular complexity index is 972. The summed E-state index contributed by atoms with van der Waals surface area (Å²) in [4.78, 5) is 10.2. The quantitative estimate of drug-likeness (QED) is 0.623. The molecule has 0 saturated heterocycles. The van der Waals surface area contributed by atoms with Gasteiger partial charge in [-0.1, -0.05) is 24.3 Å². The fourth-order valence-corrected chi connectivity index (χ4v) is 2.92. The van der Waals surface area contributed by atoms with E-state index in [1.807, 2.05) is 43.0 Å². The maximum Gasteiger partial charge on any atom is 0.418 e. The Hall–Kier alpha value is -3.29. The van der Waals surface area contributed by atoms with E-state index in [9.17, 15) is 13.2 Å². The van der Waals surface area contributed by atoms with E-state index in [4.69, 9.17) is 5.73 Å². The van der Waals surface area contributed by atoms with Crippen LogP contribution in [0.2, 0.25) is 0 Å². The second-order valence-electron chi connectivity index (χ2n) is 6.21. The predicted octanol–water partition coefficient (Wildman–Crippen LogP) is 5.29. The summed E-state index contributed by atoms with van der Waals surface area (Å²) in [6, 6.07) is 13.0. The summed E-state index contributed by atoms with van der Waals surface area (Å²) >= 11 is 0. The van der Waals surface area contributed by atoms with Crippen molar-refractivity contribution in [1.29, 1.82) is 0 Å². The molecule has 1 heterocycles. The van der Waals surface area contributed by atoms with Gasteiger partial charge in [0.2, 0.25) is 0 Å². The first-order valence-electron chi connectivity index (χ1n) is 8.69. The van der Waals surface area contributed by atoms with E-state index in [2.05, 4.69) is 15.3 Å². The Morgan fingerprint density at radius 1 is 1.07 bits per heavy atom. The van der Waals surface area contributed by atoms with Crippen molar-refractivity contribution in [2.45, 2.75) is 20.0 Å². The molecule has 0 aliphatic heterocycles. The zero-order chi connectivity index (χ0) is 20.3. The van der Waals surface area contributed by atoms with Crippen LogP contribution in [0.4, 0.5) is 41.9 Å². The minimum Gasteiger partial charge on any atom is -0.393 e. The maximum atomic E-state index is 13.3. The average Bonchev–Trinajstić information content (AvgIpc) is 2.65. The van der Waals surface area contributed by atoms with E-state index in [-0.39, 0.29) is 17.2 Å². The number of para-hydroxylation sites is 1. The van der Waals surface area contributed by atoms with Crippen LogP contribution in [-0.2, 0) is 6.18 Å². The van der Waals surface area contributed by atoms with E-state index < -0.39 is 11.7 Å². The van der Waals surface area contributed by atoms with Gasteiger partial charge >= 0.3 is 6.18 Å². The Labute approximate surface area is 161 Å². The standard InChI is InChI=1S/C20H20F3N5/c1-3-28(14-8-6-7-13(2)11-14)19-17(24)18(25-12-26-19)27-16-10-5-4-9-15(16)20(21,22)23/h4-12H,3,24H2,1-2H3,(H,25,26,27). The zero-order valence-corrected chi connectivity index (χ0v) is 15.5. The molecular formula is C20H20F3N5. The van der Waals surface area contributed by atoms with Gasteiger partial charge in [0.15, 0.2) is 11.6 Å². The molecule has 1 aromatic heterocycles. The van der Waals surface area contributed by atoms with Gasteiger partial charge in [0.1, 0.15) is 12.0 Å². The number of benzene rings is 2. The van der Waals surface area contributed by atoms with Gasteiger partial charge in [-0.3, -0.25) is 0 Å². The molecule has 3 N–H and O–H groups in total.